The van der Waals surface area contributed by atoms with E-state index in [1.165, 1.54) is 55.5 Å². The SMILES string of the molecule is CCOc1ccccc1C1(OC(=O)N2CCN(C3CCNCC3)CC2)C(=O)N(S(=O)(=O)c2ccc(OC)cc2OC)c2ccc(C#N)cc21. The molecule has 0 saturated carbocycles. The first-order valence-corrected chi connectivity index (χ1v) is 17.6. The van der Waals surface area contributed by atoms with Gasteiger partial charge in [0.2, 0.25) is 5.60 Å². The summed E-state index contributed by atoms with van der Waals surface area (Å²) >= 11 is 0. The second-order valence-corrected chi connectivity index (χ2v) is 13.7. The molecule has 3 aromatic rings. The van der Waals surface area contributed by atoms with Crippen LogP contribution < -0.4 is 23.8 Å². The molecule has 3 aliphatic rings. The van der Waals surface area contributed by atoms with Crippen molar-refractivity contribution in [2.45, 2.75) is 36.3 Å². The van der Waals surface area contributed by atoms with Crippen molar-refractivity contribution in [1.29, 1.82) is 5.26 Å². The van der Waals surface area contributed by atoms with Crippen molar-refractivity contribution in [1.82, 2.24) is 15.1 Å². The predicted octanol–water partition coefficient (Wildman–Crippen LogP) is 3.46. The van der Waals surface area contributed by atoms with Gasteiger partial charge in [-0.25, -0.2) is 13.2 Å². The lowest BCUT2D eigenvalue weighted by Gasteiger charge is -2.41. The number of para-hydroxylation sites is 1. The van der Waals surface area contributed by atoms with Crippen LogP contribution >= 0.6 is 0 Å². The zero-order chi connectivity index (χ0) is 34.8. The molecule has 0 radical (unpaired) electrons. The zero-order valence-electron chi connectivity index (χ0n) is 27.7. The molecule has 3 aromatic carbocycles. The van der Waals surface area contributed by atoms with Gasteiger partial charge in [-0.05, 0) is 69.3 Å². The summed E-state index contributed by atoms with van der Waals surface area (Å²) in [5, 5.41) is 13.3. The minimum absolute atomic E-state index is 0.0152. The Bertz CT molecular complexity index is 1880. The molecule has 2 saturated heterocycles. The maximum atomic E-state index is 15.1. The van der Waals surface area contributed by atoms with Crippen molar-refractivity contribution in [3.63, 3.8) is 0 Å². The monoisotopic (exact) mass is 689 g/mol. The van der Waals surface area contributed by atoms with Crippen LogP contribution in [0.1, 0.15) is 36.5 Å². The van der Waals surface area contributed by atoms with Gasteiger partial charge in [-0.15, -0.1) is 0 Å². The molecule has 2 amide bonds. The van der Waals surface area contributed by atoms with Gasteiger partial charge in [0, 0.05) is 43.9 Å². The lowest BCUT2D eigenvalue weighted by molar-refractivity contribution is -0.132. The number of carbonyl (C=O) groups excluding carboxylic acids is 2. The number of nitriles is 1. The minimum atomic E-state index is -4.71. The number of carbonyl (C=O) groups is 2. The first-order chi connectivity index (χ1) is 23.7. The van der Waals surface area contributed by atoms with E-state index in [9.17, 15) is 18.5 Å². The summed E-state index contributed by atoms with van der Waals surface area (Å²) in [7, 11) is -1.97. The molecule has 6 rings (SSSR count). The van der Waals surface area contributed by atoms with E-state index in [0.29, 0.717) is 42.3 Å². The maximum absolute atomic E-state index is 15.1. The first-order valence-electron chi connectivity index (χ1n) is 16.2. The van der Waals surface area contributed by atoms with E-state index in [4.69, 9.17) is 18.9 Å². The van der Waals surface area contributed by atoms with Crippen LogP contribution in [0.4, 0.5) is 10.5 Å². The van der Waals surface area contributed by atoms with Crippen molar-refractivity contribution in [3.8, 4) is 23.3 Å². The highest BCUT2D eigenvalue weighted by Crippen LogP contribution is 2.52. The number of ether oxygens (including phenoxy) is 4. The number of nitrogens with one attached hydrogen (secondary N) is 1. The van der Waals surface area contributed by atoms with E-state index in [0.717, 1.165) is 25.9 Å². The van der Waals surface area contributed by atoms with Crippen LogP contribution in [-0.4, -0.2) is 96.4 Å². The topological polar surface area (TPSA) is 151 Å². The van der Waals surface area contributed by atoms with E-state index >= 15 is 4.79 Å². The Morgan fingerprint density at radius 1 is 0.959 bits per heavy atom. The lowest BCUT2D eigenvalue weighted by Crippen LogP contribution is -2.55. The quantitative estimate of drug-likeness (QED) is 0.352. The summed E-state index contributed by atoms with van der Waals surface area (Å²) in [6.07, 6.45) is 1.26. The van der Waals surface area contributed by atoms with Crippen LogP contribution in [0.3, 0.4) is 0 Å². The molecule has 0 spiro atoms. The van der Waals surface area contributed by atoms with Crippen LogP contribution in [0.5, 0.6) is 17.2 Å². The predicted molar refractivity (Wildman–Crippen MR) is 179 cm³/mol. The Labute approximate surface area is 285 Å². The third-order valence-electron chi connectivity index (χ3n) is 9.30. The molecular formula is C35H39N5O8S. The second-order valence-electron chi connectivity index (χ2n) is 11.9. The molecule has 0 aromatic heterocycles. The van der Waals surface area contributed by atoms with Gasteiger partial charge in [0.15, 0.2) is 0 Å². The van der Waals surface area contributed by atoms with Crippen molar-refractivity contribution in [2.24, 2.45) is 0 Å². The molecule has 1 unspecified atom stereocenters. The van der Waals surface area contributed by atoms with E-state index in [-0.39, 0.29) is 45.4 Å². The fourth-order valence-corrected chi connectivity index (χ4v) is 8.45. The molecule has 2 fully saturated rings. The van der Waals surface area contributed by atoms with Gasteiger partial charge in [-0.2, -0.15) is 9.57 Å². The summed E-state index contributed by atoms with van der Waals surface area (Å²) < 4.78 is 52.7. The normalized spacial score (nSPS) is 20.0. The molecule has 1 N–H and O–H groups in total. The highest BCUT2D eigenvalue weighted by molar-refractivity contribution is 7.93. The highest BCUT2D eigenvalue weighted by Gasteiger charge is 2.61. The Balaban J connectivity index is 1.47. The molecule has 258 valence electrons. The molecule has 1 atom stereocenters. The molecule has 0 bridgehead atoms. The Morgan fingerprint density at radius 2 is 1.69 bits per heavy atom. The number of sulfonamides is 1. The number of hydrogen-bond acceptors (Lipinski definition) is 11. The van der Waals surface area contributed by atoms with Gasteiger partial charge in [-0.3, -0.25) is 9.69 Å². The number of hydrogen-bond donors (Lipinski definition) is 1. The third-order valence-corrected chi connectivity index (χ3v) is 11.0. The number of rotatable bonds is 9. The fraction of sp³-hybridized carbons (Fsp3) is 0.400. The molecular weight excluding hydrogens is 650 g/mol. The van der Waals surface area contributed by atoms with Crippen molar-refractivity contribution >= 4 is 27.7 Å². The number of piperidine rings is 1. The average Bonchev–Trinajstić information content (AvgIpc) is 3.39. The minimum Gasteiger partial charge on any atom is -0.497 e. The highest BCUT2D eigenvalue weighted by atomic mass is 32.2. The Kier molecular flexibility index (Phi) is 9.69. The first kappa shape index (κ1) is 34.0. The lowest BCUT2D eigenvalue weighted by atomic mass is 9.85. The van der Waals surface area contributed by atoms with Crippen molar-refractivity contribution in [2.75, 3.05) is 64.4 Å². The van der Waals surface area contributed by atoms with E-state index in [2.05, 4.69) is 16.3 Å². The van der Waals surface area contributed by atoms with Crippen LogP contribution in [-0.2, 0) is 25.2 Å². The van der Waals surface area contributed by atoms with Crippen LogP contribution in [0, 0.1) is 11.3 Å². The maximum Gasteiger partial charge on any atom is 0.411 e. The van der Waals surface area contributed by atoms with Gasteiger partial charge in [-0.1, -0.05) is 18.2 Å². The molecule has 0 aliphatic carbocycles. The number of benzene rings is 3. The number of anilines is 1. The van der Waals surface area contributed by atoms with Gasteiger partial charge >= 0.3 is 6.09 Å². The standard InChI is InChI=1S/C35H39N5O8S/c1-4-47-30-8-6-5-7-27(30)35(48-34(42)39-19-17-38(18-20-39)25-13-15-37-16-14-25)28-21-24(23-36)9-11-29(28)40(33(35)41)49(43,44)32-12-10-26(45-2)22-31(32)46-3/h5-12,21-22,25,37H,4,13-20H2,1-3H3. The summed E-state index contributed by atoms with van der Waals surface area (Å²) in [6.45, 7) is 5.84. The third kappa shape index (κ3) is 6.03. The summed E-state index contributed by atoms with van der Waals surface area (Å²) in [5.74, 6) is -0.560. The molecule has 3 heterocycles. The Hall–Kier alpha value is -4.84. The number of piperazine rings is 1. The number of fused-ring (bicyclic) bond motifs is 1. The molecule has 13 nitrogen and oxygen atoms in total. The fourth-order valence-electron chi connectivity index (χ4n) is 6.85. The van der Waals surface area contributed by atoms with E-state index < -0.39 is 27.6 Å². The molecule has 3 aliphatic heterocycles. The second kappa shape index (κ2) is 13.9. The van der Waals surface area contributed by atoms with Gasteiger partial charge in [0.1, 0.15) is 22.1 Å². The van der Waals surface area contributed by atoms with Gasteiger partial charge in [0.05, 0.1) is 43.7 Å². The number of amides is 2. The Morgan fingerprint density at radius 3 is 2.37 bits per heavy atom. The summed E-state index contributed by atoms with van der Waals surface area (Å²) in [5.41, 5.74) is -2.13. The number of nitrogens with zero attached hydrogens (tertiary/aromatic N) is 4. The van der Waals surface area contributed by atoms with Crippen LogP contribution in [0.2, 0.25) is 0 Å². The van der Waals surface area contributed by atoms with Crippen molar-refractivity contribution < 1.29 is 37.0 Å². The van der Waals surface area contributed by atoms with Crippen LogP contribution in [0.25, 0.3) is 0 Å². The average molecular weight is 690 g/mol. The largest absolute Gasteiger partial charge is 0.497 e. The van der Waals surface area contributed by atoms with E-state index in [1.807, 2.05) is 0 Å². The molecule has 49 heavy (non-hydrogen) atoms. The van der Waals surface area contributed by atoms with Gasteiger partial charge in [0.25, 0.3) is 15.9 Å². The van der Waals surface area contributed by atoms with Crippen molar-refractivity contribution in [3.05, 3.63) is 77.4 Å². The molecule has 14 heteroatoms. The zero-order valence-corrected chi connectivity index (χ0v) is 28.5. The van der Waals surface area contributed by atoms with Crippen LogP contribution in [0.15, 0.2) is 65.6 Å². The smallest absolute Gasteiger partial charge is 0.411 e. The van der Waals surface area contributed by atoms with Gasteiger partial charge < -0.3 is 29.2 Å². The number of methoxy groups -OCH3 is 2. The summed E-state index contributed by atoms with van der Waals surface area (Å²) in [6, 6.07) is 17.3. The van der Waals surface area contributed by atoms with E-state index in [1.54, 1.807) is 31.2 Å². The summed E-state index contributed by atoms with van der Waals surface area (Å²) in [4.78, 5) is 32.9.